The lowest BCUT2D eigenvalue weighted by molar-refractivity contribution is 0.0374. The number of morpholine rings is 1. The van der Waals surface area contributed by atoms with Gasteiger partial charge in [-0.1, -0.05) is 60.9 Å². The molecular formula is C96H119FN26O9. The standard InChI is InChI=1S/C26H33N7O3.C25H24FN7O2.C22H26N6O2.C19H20N6O2.4CH4/c1-17-4-5-19(25(34)30-20-6-7-20)14-22(17)31-24-23-18(2)21(15-33(23)29-16-28-24)26(35)27-8-3-9-32-10-12-36-13-11-32;1-14-5-6-16(24(34)31-17-7-8-17)10-20(14)32-23-22-15(2)18(12-33(22)30-13-29-23)25(35)28-11-21-19(26)4-3-9-27-21;1-4-9-23-22(30)17-11-28-19(14(17)3)20(24-12-25-28)27-18-10-15(6-5-13(18)2)21(29)26-16-7-8-16;1-10-3-4-12(19(27)23-13-5-6-13)7-15(10)24-18-16-11(2)14(17(20)26)8-25(16)22-9-21-18;;;;/h4-5,14-16,20H,3,6-13H2,1-2H3,(H,27,35)(H,30,34)(H,28,29,31);3-6,9-10,12-13,17H,7-8,11H2,1-2H3,(H,28,35)(H,31,34)(H,29,30,32);5-6,10-12,16H,4,7-9H2,1-3H3,(H,23,30)(H,26,29)(H,24,25,27);3-4,7-9,13H,5-6H2,1-2H3,(H2,20,26)(H,23,27)(H,21,22,24);4*1H4. The minimum absolute atomic E-state index is 0. The first-order valence-corrected chi connectivity index (χ1v) is 42.9. The lowest BCUT2D eigenvalue weighted by Gasteiger charge is -2.26. The molecule has 5 aliphatic rings. The number of amides is 8. The molecule has 0 atom stereocenters. The van der Waals surface area contributed by atoms with Crippen molar-refractivity contribution < 1.29 is 47.5 Å². The van der Waals surface area contributed by atoms with Crippen LogP contribution in [0.2, 0.25) is 0 Å². The minimum atomic E-state index is -0.515. The van der Waals surface area contributed by atoms with Crippen molar-refractivity contribution in [3.8, 4) is 0 Å². The Morgan fingerprint density at radius 1 is 0.409 bits per heavy atom. The number of carbonyl (C=O) groups is 8. The SMILES string of the molecule is C.C.C.C.CCCNC(=O)c1cn2ncnc(Nc3cc(C(=O)NC4CC4)ccc3C)c2c1C.Cc1ccc(C(=O)NC2CC2)cc1Nc1ncnn2cc(C(=O)NCCCN3CCOCC3)c(C)c12.Cc1ccc(C(=O)NC2CC2)cc1Nc1ncnn2cc(C(=O)NCc3ncccc3F)c(C)c12.Cc1ccc(C(=O)NC2CC2)cc1Nc1ncnn2cc(C(N)=O)c(C)c12. The number of carbonyl (C=O) groups excluding carboxylic acids is 8. The van der Waals surface area contributed by atoms with E-state index in [9.17, 15) is 42.7 Å². The van der Waals surface area contributed by atoms with Gasteiger partial charge in [0.1, 0.15) is 53.2 Å². The molecule has 9 aromatic heterocycles. The van der Waals surface area contributed by atoms with Crippen LogP contribution in [-0.2, 0) is 11.3 Å². The van der Waals surface area contributed by atoms with Crippen molar-refractivity contribution in [3.05, 3.63) is 242 Å². The van der Waals surface area contributed by atoms with Gasteiger partial charge in [-0.15, -0.1) is 0 Å². The summed E-state index contributed by atoms with van der Waals surface area (Å²) >= 11 is 0. The van der Waals surface area contributed by atoms with Crippen LogP contribution in [-0.4, -0.2) is 186 Å². The van der Waals surface area contributed by atoms with E-state index in [0.29, 0.717) is 121 Å². The maximum absolute atomic E-state index is 13.9. The van der Waals surface area contributed by atoms with Crippen molar-refractivity contribution in [2.75, 3.05) is 67.2 Å². The smallest absolute Gasteiger partial charge is 0.253 e. The number of nitrogens with zero attached hydrogens (tertiary/aromatic N) is 14. The molecule has 8 amide bonds. The number of pyridine rings is 1. The highest BCUT2D eigenvalue weighted by Crippen LogP contribution is 2.35. The van der Waals surface area contributed by atoms with E-state index in [1.165, 1.54) is 43.6 Å². The summed E-state index contributed by atoms with van der Waals surface area (Å²) in [5, 5.41) is 50.9. The average molecular weight is 1800 g/mol. The van der Waals surface area contributed by atoms with Gasteiger partial charge in [-0.2, -0.15) is 20.4 Å². The van der Waals surface area contributed by atoms with E-state index in [-0.39, 0.29) is 89.3 Å². The second-order valence-corrected chi connectivity index (χ2v) is 32.7. The van der Waals surface area contributed by atoms with Gasteiger partial charge in [0.15, 0.2) is 23.3 Å². The summed E-state index contributed by atoms with van der Waals surface area (Å²) in [4.78, 5) is 124. The molecule has 0 bridgehead atoms. The Morgan fingerprint density at radius 2 is 0.720 bits per heavy atom. The zero-order valence-electron chi connectivity index (χ0n) is 72.7. The van der Waals surface area contributed by atoms with Crippen LogP contribution < -0.4 is 64.2 Å². The van der Waals surface area contributed by atoms with Crippen molar-refractivity contribution in [1.82, 2.24) is 105 Å². The Hall–Kier alpha value is -14.7. The van der Waals surface area contributed by atoms with Crippen LogP contribution in [0.4, 0.5) is 50.4 Å². The van der Waals surface area contributed by atoms with Gasteiger partial charge in [0.2, 0.25) is 0 Å². The number of aromatic nitrogens is 13. The van der Waals surface area contributed by atoms with E-state index in [1.54, 1.807) is 74.9 Å². The average Bonchev–Trinajstić information content (AvgIpc) is 1.64. The number of ether oxygens (including phenoxy) is 1. The Balaban J connectivity index is 0.000000169. The summed E-state index contributed by atoms with van der Waals surface area (Å²) in [5.74, 6) is 0.257. The van der Waals surface area contributed by atoms with Crippen LogP contribution in [0, 0.1) is 61.2 Å². The molecule has 1 saturated heterocycles. The maximum Gasteiger partial charge on any atom is 0.253 e. The van der Waals surface area contributed by atoms with Crippen LogP contribution in [0.25, 0.3) is 22.1 Å². The molecule has 13 aromatic rings. The van der Waals surface area contributed by atoms with Gasteiger partial charge in [0.25, 0.3) is 47.3 Å². The van der Waals surface area contributed by atoms with Gasteiger partial charge in [0, 0.05) is 126 Å². The molecule has 4 aromatic carbocycles. The van der Waals surface area contributed by atoms with E-state index in [4.69, 9.17) is 10.5 Å². The third-order valence-electron chi connectivity index (χ3n) is 22.8. The van der Waals surface area contributed by atoms with Gasteiger partial charge >= 0.3 is 0 Å². The normalized spacial score (nSPS) is 13.7. The molecule has 694 valence electrons. The van der Waals surface area contributed by atoms with E-state index in [0.717, 1.165) is 164 Å². The third-order valence-corrected chi connectivity index (χ3v) is 22.8. The number of rotatable bonds is 28. The highest BCUT2D eigenvalue weighted by Gasteiger charge is 2.30. The Bertz CT molecular complexity index is 6420. The summed E-state index contributed by atoms with van der Waals surface area (Å²) in [6, 6.07) is 26.1. The van der Waals surface area contributed by atoms with E-state index >= 15 is 0 Å². The summed E-state index contributed by atoms with van der Waals surface area (Å²) in [7, 11) is 0. The molecule has 0 unspecified atom stereocenters. The van der Waals surface area contributed by atoms with Crippen molar-refractivity contribution in [1.29, 1.82) is 0 Å². The zero-order valence-corrected chi connectivity index (χ0v) is 72.7. The Labute approximate surface area is 766 Å². The first-order valence-electron chi connectivity index (χ1n) is 42.9. The van der Waals surface area contributed by atoms with Crippen molar-refractivity contribution in [2.45, 2.75) is 187 Å². The van der Waals surface area contributed by atoms with Gasteiger partial charge in [0.05, 0.1) is 47.7 Å². The van der Waals surface area contributed by atoms with E-state index in [2.05, 4.69) is 109 Å². The second kappa shape index (κ2) is 43.6. The predicted octanol–water partition coefficient (Wildman–Crippen LogP) is 13.6. The molecule has 10 heterocycles. The Morgan fingerprint density at radius 3 is 1.03 bits per heavy atom. The fraction of sp³-hybridized carbons (Fsp3) is 0.365. The number of anilines is 8. The van der Waals surface area contributed by atoms with Gasteiger partial charge in [-0.25, -0.2) is 42.4 Å². The number of fused-ring (bicyclic) bond motifs is 4. The molecule has 36 heteroatoms. The van der Waals surface area contributed by atoms with Gasteiger partial charge in [-0.3, -0.25) is 48.2 Å². The molecule has 13 N–H and O–H groups in total. The number of nitrogens with one attached hydrogen (secondary N) is 11. The van der Waals surface area contributed by atoms with Crippen LogP contribution in [0.15, 0.2) is 141 Å². The topological polar surface area (TPSA) is 441 Å². The van der Waals surface area contributed by atoms with E-state index < -0.39 is 11.7 Å². The molecule has 132 heavy (non-hydrogen) atoms. The summed E-state index contributed by atoms with van der Waals surface area (Å²) in [6.07, 6.45) is 23.8. The van der Waals surface area contributed by atoms with E-state index in [1.807, 2.05) is 103 Å². The summed E-state index contributed by atoms with van der Waals surface area (Å²) < 4.78 is 25.7. The van der Waals surface area contributed by atoms with Crippen LogP contribution in [0.3, 0.4) is 0 Å². The number of aryl methyl sites for hydroxylation is 8. The van der Waals surface area contributed by atoms with Crippen LogP contribution >= 0.6 is 0 Å². The largest absolute Gasteiger partial charge is 0.379 e. The lowest BCUT2D eigenvalue weighted by atomic mass is 10.1. The summed E-state index contributed by atoms with van der Waals surface area (Å²) in [5.41, 5.74) is 22.5. The van der Waals surface area contributed by atoms with Gasteiger partial charge in [-0.05, 0) is 231 Å². The molecule has 5 fully saturated rings. The van der Waals surface area contributed by atoms with Crippen LogP contribution in [0.5, 0.6) is 0 Å². The first-order chi connectivity index (χ1) is 61.8. The lowest BCUT2D eigenvalue weighted by Crippen LogP contribution is -2.38. The predicted molar refractivity (Wildman–Crippen MR) is 508 cm³/mol. The molecule has 0 radical (unpaired) electrons. The van der Waals surface area contributed by atoms with Crippen LogP contribution in [0.1, 0.15) is 234 Å². The number of benzene rings is 4. The number of hydrogen-bond donors (Lipinski definition) is 12. The number of primary amides is 1. The van der Waals surface area contributed by atoms with Crippen molar-refractivity contribution in [2.24, 2.45) is 5.73 Å². The number of nitrogens with two attached hydrogens (primary N) is 1. The molecule has 18 rings (SSSR count). The second-order valence-electron chi connectivity index (χ2n) is 32.7. The maximum atomic E-state index is 13.9. The fourth-order valence-corrected chi connectivity index (χ4v) is 14.6. The first kappa shape index (κ1) is 97.9. The molecular weight excluding hydrogens is 1680 g/mol. The number of hydrogen-bond acceptors (Lipinski definition) is 23. The highest BCUT2D eigenvalue weighted by molar-refractivity contribution is 6.04. The molecule has 4 saturated carbocycles. The molecule has 1 aliphatic heterocycles. The molecule has 35 nitrogen and oxygen atoms in total. The zero-order chi connectivity index (χ0) is 90.0. The van der Waals surface area contributed by atoms with Gasteiger partial charge < -0.3 is 69.0 Å². The van der Waals surface area contributed by atoms with Crippen molar-refractivity contribution in [3.63, 3.8) is 0 Å². The minimum Gasteiger partial charge on any atom is -0.379 e. The quantitative estimate of drug-likeness (QED) is 0.0203. The highest BCUT2D eigenvalue weighted by atomic mass is 19.1. The molecule has 4 aliphatic carbocycles. The monoisotopic (exact) mass is 1800 g/mol. The number of halogens is 1. The third kappa shape index (κ3) is 23.7. The Kier molecular flexibility index (Phi) is 32.4. The molecule has 0 spiro atoms. The van der Waals surface area contributed by atoms with Crippen molar-refractivity contribution >= 4 is 115 Å². The summed E-state index contributed by atoms with van der Waals surface area (Å²) in [6.45, 7) is 22.8. The fourth-order valence-electron chi connectivity index (χ4n) is 14.6.